The second-order valence-corrected chi connectivity index (χ2v) is 7.30. The highest BCUT2D eigenvalue weighted by Crippen LogP contribution is 2.33. The van der Waals surface area contributed by atoms with Gasteiger partial charge in [-0.1, -0.05) is 0 Å². The van der Waals surface area contributed by atoms with Crippen LogP contribution in [0.5, 0.6) is 0 Å². The highest BCUT2D eigenvalue weighted by molar-refractivity contribution is 5.93. The summed E-state index contributed by atoms with van der Waals surface area (Å²) >= 11 is 0. The second-order valence-electron chi connectivity index (χ2n) is 7.30. The zero-order chi connectivity index (χ0) is 17.9. The van der Waals surface area contributed by atoms with Gasteiger partial charge in [-0.05, 0) is 38.8 Å². The first kappa shape index (κ1) is 15.3. The number of aromatic nitrogens is 6. The minimum absolute atomic E-state index is 0.219. The number of H-pyrrole nitrogens is 1. The van der Waals surface area contributed by atoms with Crippen molar-refractivity contribution in [3.63, 3.8) is 0 Å². The molecule has 4 aromatic heterocycles. The molecule has 4 aromatic rings. The third-order valence-corrected chi connectivity index (χ3v) is 5.02. The van der Waals surface area contributed by atoms with E-state index in [1.54, 1.807) is 0 Å². The Bertz CT molecular complexity index is 1120. The van der Waals surface area contributed by atoms with Gasteiger partial charge in [-0.15, -0.1) is 10.2 Å². The molecule has 0 unspecified atom stereocenters. The van der Waals surface area contributed by atoms with Crippen LogP contribution in [0.25, 0.3) is 27.8 Å². The Morgan fingerprint density at radius 3 is 2.96 bits per heavy atom. The molecule has 5 rings (SSSR count). The van der Waals surface area contributed by atoms with E-state index in [4.69, 9.17) is 0 Å². The summed E-state index contributed by atoms with van der Waals surface area (Å²) in [7, 11) is 0. The predicted molar refractivity (Wildman–Crippen MR) is 97.9 cm³/mol. The monoisotopic (exact) mass is 349 g/mol. The van der Waals surface area contributed by atoms with Crippen molar-refractivity contribution in [1.29, 1.82) is 0 Å². The summed E-state index contributed by atoms with van der Waals surface area (Å²) in [6.07, 6.45) is 7.22. The van der Waals surface area contributed by atoms with Crippen molar-refractivity contribution in [2.45, 2.75) is 38.3 Å². The second kappa shape index (κ2) is 5.25. The maximum absolute atomic E-state index is 9.84. The molecule has 0 aliphatic heterocycles. The molecule has 3 N–H and O–H groups in total. The number of aromatic amines is 1. The molecular weight excluding hydrogens is 330 g/mol. The third kappa shape index (κ3) is 2.41. The maximum Gasteiger partial charge on any atom is 0.224 e. The number of fused-ring (bicyclic) bond motifs is 2. The molecule has 1 saturated carbocycles. The first-order valence-electron chi connectivity index (χ1n) is 8.63. The molecule has 0 radical (unpaired) electrons. The van der Waals surface area contributed by atoms with Crippen LogP contribution in [0.1, 0.15) is 25.6 Å². The molecule has 26 heavy (non-hydrogen) atoms. The molecule has 1 fully saturated rings. The van der Waals surface area contributed by atoms with E-state index in [-0.39, 0.29) is 6.04 Å². The van der Waals surface area contributed by atoms with Crippen molar-refractivity contribution >= 4 is 22.6 Å². The van der Waals surface area contributed by atoms with Crippen LogP contribution in [-0.4, -0.2) is 46.3 Å². The Morgan fingerprint density at radius 1 is 1.31 bits per heavy atom. The Kier molecular flexibility index (Phi) is 3.08. The molecule has 0 saturated heterocycles. The van der Waals surface area contributed by atoms with Gasteiger partial charge < -0.3 is 15.4 Å². The molecule has 1 aliphatic carbocycles. The van der Waals surface area contributed by atoms with Crippen molar-refractivity contribution in [2.75, 3.05) is 5.32 Å². The average molecular weight is 349 g/mol. The number of hydrogen-bond acceptors (Lipinski definition) is 6. The van der Waals surface area contributed by atoms with E-state index in [9.17, 15) is 5.11 Å². The molecule has 0 spiro atoms. The lowest BCUT2D eigenvalue weighted by Gasteiger charge is -2.41. The van der Waals surface area contributed by atoms with E-state index in [2.05, 4.69) is 30.5 Å². The minimum atomic E-state index is -0.569. The fraction of sp³-hybridized carbons (Fsp3) is 0.333. The number of aliphatic hydroxyl groups is 1. The molecule has 1 aliphatic rings. The van der Waals surface area contributed by atoms with Gasteiger partial charge in [0, 0.05) is 41.1 Å². The molecule has 0 atom stereocenters. The molecule has 8 heteroatoms. The lowest BCUT2D eigenvalue weighted by atomic mass is 9.77. The summed E-state index contributed by atoms with van der Waals surface area (Å²) in [6.45, 7) is 3.78. The Balaban J connectivity index is 1.48. The number of anilines is 1. The number of nitrogens with one attached hydrogen (secondary N) is 2. The summed E-state index contributed by atoms with van der Waals surface area (Å²) in [4.78, 5) is 12.2. The average Bonchev–Trinajstić information content (AvgIpc) is 3.16. The summed E-state index contributed by atoms with van der Waals surface area (Å²) in [6, 6.07) is 4.19. The van der Waals surface area contributed by atoms with Crippen LogP contribution in [0.4, 0.5) is 5.95 Å². The zero-order valence-corrected chi connectivity index (χ0v) is 14.6. The van der Waals surface area contributed by atoms with E-state index in [1.165, 1.54) is 0 Å². The van der Waals surface area contributed by atoms with Gasteiger partial charge in [0.05, 0.1) is 5.60 Å². The molecule has 8 nitrogen and oxygen atoms in total. The fourth-order valence-electron chi connectivity index (χ4n) is 3.67. The van der Waals surface area contributed by atoms with E-state index in [1.807, 2.05) is 49.0 Å². The van der Waals surface area contributed by atoms with E-state index in [0.29, 0.717) is 18.8 Å². The van der Waals surface area contributed by atoms with Crippen molar-refractivity contribution < 1.29 is 5.11 Å². The van der Waals surface area contributed by atoms with Crippen LogP contribution in [0.2, 0.25) is 0 Å². The van der Waals surface area contributed by atoms with Gasteiger partial charge in [0.2, 0.25) is 5.95 Å². The SMILES string of the molecule is Cc1nnc2ccc(-c3c[nH]c4nc(NC5CC(C)(O)C5)ncc34)cn12. The summed E-state index contributed by atoms with van der Waals surface area (Å²) in [5.41, 5.74) is 3.12. The van der Waals surface area contributed by atoms with Crippen molar-refractivity contribution in [3.05, 3.63) is 36.5 Å². The minimum Gasteiger partial charge on any atom is -0.390 e. The summed E-state index contributed by atoms with van der Waals surface area (Å²) < 4.78 is 1.97. The van der Waals surface area contributed by atoms with Crippen LogP contribution in [-0.2, 0) is 0 Å². The van der Waals surface area contributed by atoms with Crippen molar-refractivity contribution in [1.82, 2.24) is 29.5 Å². The van der Waals surface area contributed by atoms with Gasteiger partial charge in [0.25, 0.3) is 0 Å². The number of pyridine rings is 1. The molecule has 0 bridgehead atoms. The molecule has 0 aromatic carbocycles. The largest absolute Gasteiger partial charge is 0.390 e. The maximum atomic E-state index is 9.84. The number of nitrogens with zero attached hydrogens (tertiary/aromatic N) is 5. The van der Waals surface area contributed by atoms with Crippen molar-refractivity contribution in [2.24, 2.45) is 0 Å². The quantitative estimate of drug-likeness (QED) is 0.524. The van der Waals surface area contributed by atoms with Crippen LogP contribution < -0.4 is 5.32 Å². The van der Waals surface area contributed by atoms with Crippen LogP contribution >= 0.6 is 0 Å². The third-order valence-electron chi connectivity index (χ3n) is 5.02. The number of aryl methyl sites for hydroxylation is 1. The number of rotatable bonds is 3. The molecular formula is C18H19N7O. The Labute approximate surface area is 149 Å². The van der Waals surface area contributed by atoms with Gasteiger partial charge in [0.15, 0.2) is 5.65 Å². The molecule has 132 valence electrons. The summed E-state index contributed by atoms with van der Waals surface area (Å²) in [5, 5.41) is 22.3. The first-order chi connectivity index (χ1) is 12.5. The Morgan fingerprint density at radius 2 is 2.15 bits per heavy atom. The first-order valence-corrected chi connectivity index (χ1v) is 8.63. The number of hydrogen-bond donors (Lipinski definition) is 3. The molecule has 4 heterocycles. The van der Waals surface area contributed by atoms with E-state index >= 15 is 0 Å². The van der Waals surface area contributed by atoms with Gasteiger partial charge in [-0.25, -0.2) is 4.98 Å². The Hall–Kier alpha value is -3.00. The van der Waals surface area contributed by atoms with E-state index in [0.717, 1.165) is 33.6 Å². The van der Waals surface area contributed by atoms with Crippen LogP contribution in [0.3, 0.4) is 0 Å². The van der Waals surface area contributed by atoms with Crippen LogP contribution in [0, 0.1) is 6.92 Å². The van der Waals surface area contributed by atoms with Gasteiger partial charge in [0.1, 0.15) is 11.5 Å². The van der Waals surface area contributed by atoms with Gasteiger partial charge in [-0.3, -0.25) is 4.40 Å². The summed E-state index contributed by atoms with van der Waals surface area (Å²) in [5.74, 6) is 1.43. The normalized spacial score (nSPS) is 22.7. The van der Waals surface area contributed by atoms with E-state index < -0.39 is 5.60 Å². The highest BCUT2D eigenvalue weighted by Gasteiger charge is 2.38. The van der Waals surface area contributed by atoms with Gasteiger partial charge in [-0.2, -0.15) is 4.98 Å². The highest BCUT2D eigenvalue weighted by atomic mass is 16.3. The smallest absolute Gasteiger partial charge is 0.224 e. The topological polar surface area (TPSA) is 104 Å². The standard InChI is InChI=1S/C18H19N7O/c1-10-23-24-15-4-3-11(9-25(10)15)13-7-19-16-14(13)8-20-17(22-16)21-12-5-18(2,26)6-12/h3-4,7-9,12,26H,5-6H2,1-2H3,(H2,19,20,21,22). The molecule has 0 amide bonds. The zero-order valence-electron chi connectivity index (χ0n) is 14.6. The lowest BCUT2D eigenvalue weighted by Crippen LogP contribution is -2.48. The van der Waals surface area contributed by atoms with Crippen LogP contribution in [0.15, 0.2) is 30.7 Å². The lowest BCUT2D eigenvalue weighted by molar-refractivity contribution is -0.0235. The fourth-order valence-corrected chi connectivity index (χ4v) is 3.67. The van der Waals surface area contributed by atoms with Crippen molar-refractivity contribution in [3.8, 4) is 11.1 Å². The predicted octanol–water partition coefficient (Wildman–Crippen LogP) is 2.30. The van der Waals surface area contributed by atoms with Gasteiger partial charge >= 0.3 is 0 Å².